The number of nitrogen functional groups attached to an aromatic ring is 1. The van der Waals surface area contributed by atoms with Crippen molar-refractivity contribution >= 4 is 40.0 Å². The number of amides is 1. The van der Waals surface area contributed by atoms with Crippen LogP contribution in [-0.2, 0) is 5.54 Å². The molecule has 8 nitrogen and oxygen atoms in total. The van der Waals surface area contributed by atoms with Gasteiger partial charge in [0, 0.05) is 77.3 Å². The Morgan fingerprint density at radius 2 is 1.32 bits per heavy atom. The largest absolute Gasteiger partial charge is 0.456 e. The maximum Gasteiger partial charge on any atom is 0.261 e. The Hall–Kier alpha value is -5.11. The van der Waals surface area contributed by atoms with Crippen LogP contribution in [-0.4, -0.2) is 42.1 Å². The maximum absolute atomic E-state index is 14.6. The standard InChI is InChI=1S/C36H36N6O2/c1-5-40(6-2)24-15-17-28-30(21-24)44-31-22-25(41(7-3)8-4)16-18-29(31)36(28)27-12-10-9-11-26(27)35(43)42(36)33-20-14-23-13-19-32(37)38-34(23)39-33/h9-22H,5-8H2,1-4H3,(H2,37,38,39). The first kappa shape index (κ1) is 27.7. The first-order chi connectivity index (χ1) is 21.4. The second-order valence-corrected chi connectivity index (χ2v) is 11.2. The molecule has 7 rings (SSSR count). The highest BCUT2D eigenvalue weighted by Crippen LogP contribution is 2.59. The highest BCUT2D eigenvalue weighted by molar-refractivity contribution is 6.14. The number of benzene rings is 3. The van der Waals surface area contributed by atoms with Crippen molar-refractivity contribution < 1.29 is 9.53 Å². The first-order valence-electron chi connectivity index (χ1n) is 15.4. The van der Waals surface area contributed by atoms with Gasteiger partial charge < -0.3 is 20.3 Å². The van der Waals surface area contributed by atoms with Crippen LogP contribution in [0, 0.1) is 0 Å². The van der Waals surface area contributed by atoms with E-state index in [1.54, 1.807) is 6.07 Å². The SMILES string of the molecule is CCN(CC)c1ccc2c(c1)Oc1cc(N(CC)CC)ccc1C21c2ccccc2C(=O)N1c1ccc2ccc(N)nc2n1. The lowest BCUT2D eigenvalue weighted by atomic mass is 9.74. The number of fused-ring (bicyclic) bond motifs is 7. The smallest absolute Gasteiger partial charge is 0.261 e. The van der Waals surface area contributed by atoms with Crippen molar-refractivity contribution in [2.75, 3.05) is 46.6 Å². The predicted octanol–water partition coefficient (Wildman–Crippen LogP) is 6.96. The average molecular weight is 585 g/mol. The number of carbonyl (C=O) groups excluding carboxylic acids is 1. The molecule has 0 atom stereocenters. The molecule has 0 unspecified atom stereocenters. The molecule has 8 heteroatoms. The van der Waals surface area contributed by atoms with Crippen LogP contribution in [0.25, 0.3) is 11.0 Å². The van der Waals surface area contributed by atoms with Crippen LogP contribution in [0.2, 0.25) is 0 Å². The third-order valence-electron chi connectivity index (χ3n) is 9.06. The normalized spacial score (nSPS) is 14.3. The molecule has 0 fully saturated rings. The summed E-state index contributed by atoms with van der Waals surface area (Å²) in [6.45, 7) is 12.1. The summed E-state index contributed by atoms with van der Waals surface area (Å²) in [7, 11) is 0. The molecule has 5 aromatic rings. The number of pyridine rings is 2. The van der Waals surface area contributed by atoms with Gasteiger partial charge in [0.1, 0.15) is 28.7 Å². The van der Waals surface area contributed by atoms with E-state index >= 15 is 0 Å². The molecule has 2 aliphatic rings. The van der Waals surface area contributed by atoms with Gasteiger partial charge in [0.05, 0.1) is 0 Å². The summed E-state index contributed by atoms with van der Waals surface area (Å²) >= 11 is 0. The molecule has 1 amide bonds. The molecular weight excluding hydrogens is 548 g/mol. The Morgan fingerprint density at radius 1 is 0.727 bits per heavy atom. The van der Waals surface area contributed by atoms with Gasteiger partial charge in [-0.05, 0) is 70.2 Å². The van der Waals surface area contributed by atoms with Gasteiger partial charge in [0.15, 0.2) is 5.65 Å². The van der Waals surface area contributed by atoms with E-state index in [0.717, 1.165) is 71.1 Å². The zero-order valence-corrected chi connectivity index (χ0v) is 25.5. The van der Waals surface area contributed by atoms with Gasteiger partial charge in [-0.3, -0.25) is 9.69 Å². The molecule has 2 aliphatic heterocycles. The molecule has 4 heterocycles. The number of hydrogen-bond donors (Lipinski definition) is 1. The first-order valence-corrected chi connectivity index (χ1v) is 15.4. The molecule has 0 radical (unpaired) electrons. The Kier molecular flexibility index (Phi) is 6.65. The highest BCUT2D eigenvalue weighted by atomic mass is 16.5. The molecule has 1 spiro atoms. The molecular formula is C36H36N6O2. The number of anilines is 4. The lowest BCUT2D eigenvalue weighted by Crippen LogP contribution is -2.48. The molecule has 222 valence electrons. The van der Waals surface area contributed by atoms with Crippen molar-refractivity contribution in [3.8, 4) is 11.5 Å². The van der Waals surface area contributed by atoms with Crippen molar-refractivity contribution in [2.24, 2.45) is 0 Å². The molecule has 0 aliphatic carbocycles. The lowest BCUT2D eigenvalue weighted by molar-refractivity contribution is 0.0985. The Morgan fingerprint density at radius 3 is 1.93 bits per heavy atom. The van der Waals surface area contributed by atoms with Crippen molar-refractivity contribution in [1.29, 1.82) is 0 Å². The Bertz CT molecular complexity index is 1850. The van der Waals surface area contributed by atoms with Gasteiger partial charge in [0.25, 0.3) is 5.91 Å². The second-order valence-electron chi connectivity index (χ2n) is 11.2. The fourth-order valence-corrected chi connectivity index (χ4v) is 6.94. The van der Waals surface area contributed by atoms with Crippen molar-refractivity contribution in [2.45, 2.75) is 33.2 Å². The van der Waals surface area contributed by atoms with E-state index in [4.69, 9.17) is 15.5 Å². The van der Waals surface area contributed by atoms with Crippen molar-refractivity contribution in [3.63, 3.8) is 0 Å². The van der Waals surface area contributed by atoms with Gasteiger partial charge >= 0.3 is 0 Å². The van der Waals surface area contributed by atoms with E-state index in [2.05, 4.69) is 84.9 Å². The fraction of sp³-hybridized carbons (Fsp3) is 0.250. The number of nitrogens with two attached hydrogens (primary N) is 1. The van der Waals surface area contributed by atoms with Gasteiger partial charge in [-0.25, -0.2) is 9.97 Å². The van der Waals surface area contributed by atoms with Crippen LogP contribution in [0.15, 0.2) is 84.9 Å². The third kappa shape index (κ3) is 3.93. The molecule has 2 N–H and O–H groups in total. The number of aromatic nitrogens is 2. The minimum Gasteiger partial charge on any atom is -0.456 e. The van der Waals surface area contributed by atoms with E-state index in [9.17, 15) is 4.79 Å². The van der Waals surface area contributed by atoms with Crippen LogP contribution in [0.1, 0.15) is 54.7 Å². The predicted molar refractivity (Wildman–Crippen MR) is 177 cm³/mol. The van der Waals surface area contributed by atoms with Crippen molar-refractivity contribution in [3.05, 3.63) is 107 Å². The van der Waals surface area contributed by atoms with Gasteiger partial charge in [-0.2, -0.15) is 0 Å². The van der Waals surface area contributed by atoms with Gasteiger partial charge in [-0.1, -0.05) is 30.3 Å². The zero-order valence-electron chi connectivity index (χ0n) is 25.5. The monoisotopic (exact) mass is 584 g/mol. The van der Waals surface area contributed by atoms with Crippen molar-refractivity contribution in [1.82, 2.24) is 9.97 Å². The lowest BCUT2D eigenvalue weighted by Gasteiger charge is -2.44. The third-order valence-corrected chi connectivity index (χ3v) is 9.06. The van der Waals surface area contributed by atoms with Crippen LogP contribution in [0.5, 0.6) is 11.5 Å². The van der Waals surface area contributed by atoms with Crippen LogP contribution < -0.4 is 25.2 Å². The summed E-state index contributed by atoms with van der Waals surface area (Å²) in [4.78, 5) is 30.5. The van der Waals surface area contributed by atoms with E-state index in [0.29, 0.717) is 22.8 Å². The zero-order chi connectivity index (χ0) is 30.6. The number of hydrogen-bond acceptors (Lipinski definition) is 7. The Balaban J connectivity index is 1.56. The van der Waals surface area contributed by atoms with E-state index in [-0.39, 0.29) is 5.91 Å². The topological polar surface area (TPSA) is 87.8 Å². The summed E-state index contributed by atoms with van der Waals surface area (Å²) in [5.74, 6) is 2.18. The molecule has 2 aromatic heterocycles. The van der Waals surface area contributed by atoms with Crippen LogP contribution in [0.4, 0.5) is 23.0 Å². The molecule has 0 saturated heterocycles. The maximum atomic E-state index is 14.6. The number of rotatable bonds is 7. The summed E-state index contributed by atoms with van der Waals surface area (Å²) in [5, 5.41) is 0.849. The van der Waals surface area contributed by atoms with E-state index < -0.39 is 5.54 Å². The number of nitrogens with zero attached hydrogens (tertiary/aromatic N) is 5. The molecule has 0 bridgehead atoms. The average Bonchev–Trinajstić information content (AvgIpc) is 3.30. The van der Waals surface area contributed by atoms with E-state index in [1.807, 2.05) is 41.3 Å². The summed E-state index contributed by atoms with van der Waals surface area (Å²) in [6.07, 6.45) is 0. The summed E-state index contributed by atoms with van der Waals surface area (Å²) < 4.78 is 6.80. The number of carbonyl (C=O) groups is 1. The minimum atomic E-state index is -1.03. The Labute approximate surface area is 257 Å². The summed E-state index contributed by atoms with van der Waals surface area (Å²) in [5.41, 5.74) is 11.0. The molecule has 3 aromatic carbocycles. The summed E-state index contributed by atoms with van der Waals surface area (Å²) in [6, 6.07) is 28.1. The minimum absolute atomic E-state index is 0.129. The van der Waals surface area contributed by atoms with E-state index in [1.165, 1.54) is 0 Å². The van der Waals surface area contributed by atoms with Crippen LogP contribution in [0.3, 0.4) is 0 Å². The molecule has 44 heavy (non-hydrogen) atoms. The van der Waals surface area contributed by atoms with Gasteiger partial charge in [-0.15, -0.1) is 0 Å². The quantitative estimate of drug-likeness (QED) is 0.221. The highest BCUT2D eigenvalue weighted by Gasteiger charge is 2.57. The van der Waals surface area contributed by atoms with Gasteiger partial charge in [0.2, 0.25) is 0 Å². The van der Waals surface area contributed by atoms with Crippen LogP contribution >= 0.6 is 0 Å². The molecule has 0 saturated carbocycles. The fourth-order valence-electron chi connectivity index (χ4n) is 6.94. The number of ether oxygens (including phenoxy) is 1. The second kappa shape index (κ2) is 10.6.